The van der Waals surface area contributed by atoms with Gasteiger partial charge in [0.1, 0.15) is 5.75 Å². The van der Waals surface area contributed by atoms with E-state index < -0.39 is 0 Å². The lowest BCUT2D eigenvalue weighted by Crippen LogP contribution is -2.36. The van der Waals surface area contributed by atoms with Gasteiger partial charge in [-0.3, -0.25) is 9.69 Å². The molecule has 4 nitrogen and oxygen atoms in total. The van der Waals surface area contributed by atoms with Crippen LogP contribution in [0, 0.1) is 0 Å². The van der Waals surface area contributed by atoms with Crippen LogP contribution in [0.5, 0.6) is 5.75 Å². The number of rotatable bonds is 7. The van der Waals surface area contributed by atoms with Gasteiger partial charge in [0.25, 0.3) is 5.91 Å². The second kappa shape index (κ2) is 8.31. The van der Waals surface area contributed by atoms with Gasteiger partial charge in [-0.2, -0.15) is 0 Å². The first kappa shape index (κ1) is 17.0. The van der Waals surface area contributed by atoms with Crippen LogP contribution in [-0.2, 0) is 0 Å². The lowest BCUT2D eigenvalue weighted by atomic mass is 10.1. The fourth-order valence-electron chi connectivity index (χ4n) is 3.13. The van der Waals surface area contributed by atoms with Gasteiger partial charge >= 0.3 is 0 Å². The molecular formula is C19H24N2O2S. The van der Waals surface area contributed by atoms with Crippen molar-refractivity contribution < 1.29 is 9.53 Å². The van der Waals surface area contributed by atoms with Crippen molar-refractivity contribution in [2.45, 2.75) is 25.8 Å². The highest BCUT2D eigenvalue weighted by atomic mass is 32.1. The molecule has 1 aromatic carbocycles. The molecule has 1 aromatic heterocycles. The van der Waals surface area contributed by atoms with Crippen LogP contribution in [0.1, 0.15) is 41.0 Å². The Morgan fingerprint density at radius 1 is 1.29 bits per heavy atom. The normalized spacial score (nSPS) is 16.0. The van der Waals surface area contributed by atoms with Crippen LogP contribution in [0.25, 0.3) is 0 Å². The third-order valence-corrected chi connectivity index (χ3v) is 5.29. The number of likely N-dealkylation sites (tertiary alicyclic amines) is 1. The summed E-state index contributed by atoms with van der Waals surface area (Å²) in [6, 6.07) is 11.9. The molecular weight excluding hydrogens is 320 g/mol. The molecule has 3 rings (SSSR count). The van der Waals surface area contributed by atoms with Crippen molar-refractivity contribution >= 4 is 17.2 Å². The third kappa shape index (κ3) is 4.16. The van der Waals surface area contributed by atoms with Crippen LogP contribution in [-0.4, -0.2) is 37.0 Å². The van der Waals surface area contributed by atoms with Gasteiger partial charge in [-0.25, -0.2) is 0 Å². The minimum atomic E-state index is -0.0442. The van der Waals surface area contributed by atoms with E-state index in [0.717, 1.165) is 18.8 Å². The van der Waals surface area contributed by atoms with Crippen molar-refractivity contribution in [2.24, 2.45) is 0 Å². The van der Waals surface area contributed by atoms with Gasteiger partial charge < -0.3 is 10.1 Å². The molecule has 0 spiro atoms. The molecule has 0 unspecified atom stereocenters. The molecule has 1 saturated heterocycles. The second-order valence-corrected chi connectivity index (χ2v) is 6.92. The largest absolute Gasteiger partial charge is 0.494 e. The zero-order chi connectivity index (χ0) is 16.8. The molecule has 1 aliphatic rings. The van der Waals surface area contributed by atoms with Gasteiger partial charge in [-0.05, 0) is 62.5 Å². The van der Waals surface area contributed by atoms with Gasteiger partial charge in [0.15, 0.2) is 0 Å². The SMILES string of the molecule is CCOc1cccc(C(=O)NC[C@@H](c2cccs2)N2CCCC2)c1. The summed E-state index contributed by atoms with van der Waals surface area (Å²) >= 11 is 1.76. The molecule has 1 atom stereocenters. The van der Waals surface area contributed by atoms with E-state index in [1.54, 1.807) is 17.4 Å². The summed E-state index contributed by atoms with van der Waals surface area (Å²) in [7, 11) is 0. The van der Waals surface area contributed by atoms with Crippen LogP contribution in [0.4, 0.5) is 0 Å². The fourth-order valence-corrected chi connectivity index (χ4v) is 3.99. The maximum atomic E-state index is 12.5. The van der Waals surface area contributed by atoms with Crippen LogP contribution in [0.2, 0.25) is 0 Å². The quantitative estimate of drug-likeness (QED) is 0.832. The molecule has 0 radical (unpaired) electrons. The van der Waals surface area contributed by atoms with Crippen LogP contribution >= 0.6 is 11.3 Å². The Hall–Kier alpha value is -1.85. The van der Waals surface area contributed by atoms with Crippen LogP contribution < -0.4 is 10.1 Å². The number of benzene rings is 1. The van der Waals surface area contributed by atoms with E-state index in [4.69, 9.17) is 4.74 Å². The Balaban J connectivity index is 1.65. The summed E-state index contributed by atoms with van der Waals surface area (Å²) in [5, 5.41) is 5.21. The van der Waals surface area contributed by atoms with Gasteiger partial charge in [-0.1, -0.05) is 12.1 Å². The summed E-state index contributed by atoms with van der Waals surface area (Å²) in [6.45, 7) is 5.39. The van der Waals surface area contributed by atoms with Crippen molar-refractivity contribution in [3.8, 4) is 5.75 Å². The van der Waals surface area contributed by atoms with Crippen LogP contribution in [0.3, 0.4) is 0 Å². The molecule has 1 fully saturated rings. The van der Waals surface area contributed by atoms with Crippen molar-refractivity contribution in [3.63, 3.8) is 0 Å². The van der Waals surface area contributed by atoms with Crippen molar-refractivity contribution in [1.82, 2.24) is 10.2 Å². The number of carbonyl (C=O) groups excluding carboxylic acids is 1. The number of nitrogens with zero attached hydrogens (tertiary/aromatic N) is 1. The highest BCUT2D eigenvalue weighted by Gasteiger charge is 2.24. The van der Waals surface area contributed by atoms with Gasteiger partial charge in [0.2, 0.25) is 0 Å². The topological polar surface area (TPSA) is 41.6 Å². The monoisotopic (exact) mass is 344 g/mol. The van der Waals surface area contributed by atoms with Crippen molar-refractivity contribution in [3.05, 3.63) is 52.2 Å². The molecule has 128 valence electrons. The van der Waals surface area contributed by atoms with Crippen molar-refractivity contribution in [1.29, 1.82) is 0 Å². The van der Waals surface area contributed by atoms with E-state index >= 15 is 0 Å². The number of ether oxygens (including phenoxy) is 1. The molecule has 5 heteroatoms. The van der Waals surface area contributed by atoms with Gasteiger partial charge in [0, 0.05) is 17.0 Å². The highest BCUT2D eigenvalue weighted by Crippen LogP contribution is 2.28. The molecule has 0 saturated carbocycles. The van der Waals surface area contributed by atoms with E-state index in [-0.39, 0.29) is 11.9 Å². The molecule has 0 bridgehead atoms. The number of hydrogen-bond donors (Lipinski definition) is 1. The maximum absolute atomic E-state index is 12.5. The van der Waals surface area contributed by atoms with E-state index in [0.29, 0.717) is 18.7 Å². The lowest BCUT2D eigenvalue weighted by molar-refractivity contribution is 0.0938. The smallest absolute Gasteiger partial charge is 0.251 e. The van der Waals surface area contributed by atoms with E-state index in [1.807, 2.05) is 25.1 Å². The summed E-state index contributed by atoms with van der Waals surface area (Å²) < 4.78 is 5.48. The standard InChI is InChI=1S/C19H24N2O2S/c1-2-23-16-8-5-7-15(13-16)19(22)20-14-17(18-9-6-12-24-18)21-10-3-4-11-21/h5-9,12-13,17H,2-4,10-11,14H2,1H3,(H,20,22)/t17-/m0/s1. The summed E-state index contributed by atoms with van der Waals surface area (Å²) in [5.74, 6) is 0.691. The van der Waals surface area contributed by atoms with Gasteiger partial charge in [0.05, 0.1) is 12.6 Å². The van der Waals surface area contributed by atoms with E-state index in [1.165, 1.54) is 17.7 Å². The average molecular weight is 344 g/mol. The minimum Gasteiger partial charge on any atom is -0.494 e. The second-order valence-electron chi connectivity index (χ2n) is 5.95. The number of nitrogens with one attached hydrogen (secondary N) is 1. The minimum absolute atomic E-state index is 0.0442. The summed E-state index contributed by atoms with van der Waals surface area (Å²) in [4.78, 5) is 16.3. The first-order valence-corrected chi connectivity index (χ1v) is 9.44. The average Bonchev–Trinajstić information content (AvgIpc) is 3.30. The Morgan fingerprint density at radius 3 is 2.83 bits per heavy atom. The lowest BCUT2D eigenvalue weighted by Gasteiger charge is -2.27. The van der Waals surface area contributed by atoms with E-state index in [9.17, 15) is 4.79 Å². The number of carbonyl (C=O) groups is 1. The molecule has 2 aromatic rings. The molecule has 0 aliphatic carbocycles. The summed E-state index contributed by atoms with van der Waals surface area (Å²) in [6.07, 6.45) is 2.48. The predicted octanol–water partition coefficient (Wildman–Crippen LogP) is 3.71. The Kier molecular flexibility index (Phi) is 5.88. The van der Waals surface area contributed by atoms with Gasteiger partial charge in [-0.15, -0.1) is 11.3 Å². The predicted molar refractivity (Wildman–Crippen MR) is 97.8 cm³/mol. The zero-order valence-electron chi connectivity index (χ0n) is 14.0. The zero-order valence-corrected chi connectivity index (χ0v) is 14.8. The fraction of sp³-hybridized carbons (Fsp3) is 0.421. The number of hydrogen-bond acceptors (Lipinski definition) is 4. The first-order valence-electron chi connectivity index (χ1n) is 8.56. The molecule has 24 heavy (non-hydrogen) atoms. The molecule has 1 aliphatic heterocycles. The Labute approximate surface area is 147 Å². The summed E-state index contributed by atoms with van der Waals surface area (Å²) in [5.41, 5.74) is 0.646. The molecule has 2 heterocycles. The van der Waals surface area contributed by atoms with Crippen molar-refractivity contribution in [2.75, 3.05) is 26.2 Å². The third-order valence-electron chi connectivity index (χ3n) is 4.32. The maximum Gasteiger partial charge on any atom is 0.251 e. The highest BCUT2D eigenvalue weighted by molar-refractivity contribution is 7.10. The number of amides is 1. The Bertz CT molecular complexity index is 651. The first-order chi connectivity index (χ1) is 11.8. The number of thiophene rings is 1. The Morgan fingerprint density at radius 2 is 2.12 bits per heavy atom. The molecule has 1 N–H and O–H groups in total. The molecule has 1 amide bonds. The van der Waals surface area contributed by atoms with E-state index in [2.05, 4.69) is 27.7 Å². The van der Waals surface area contributed by atoms with Crippen LogP contribution in [0.15, 0.2) is 41.8 Å².